The maximum absolute atomic E-state index is 12.7. The Morgan fingerprint density at radius 1 is 1.33 bits per heavy atom. The highest BCUT2D eigenvalue weighted by atomic mass is 35.5. The molecule has 1 saturated heterocycles. The van der Waals surface area contributed by atoms with E-state index in [1.165, 1.54) is 12.3 Å². The van der Waals surface area contributed by atoms with Gasteiger partial charge in [-0.05, 0) is 30.5 Å². The van der Waals surface area contributed by atoms with Crippen LogP contribution in [0.3, 0.4) is 0 Å². The van der Waals surface area contributed by atoms with Crippen molar-refractivity contribution in [3.63, 3.8) is 0 Å². The maximum Gasteiger partial charge on any atom is 0.256 e. The van der Waals surface area contributed by atoms with Gasteiger partial charge in [-0.2, -0.15) is 0 Å². The van der Waals surface area contributed by atoms with Crippen LogP contribution in [0.5, 0.6) is 0 Å². The van der Waals surface area contributed by atoms with Gasteiger partial charge in [-0.15, -0.1) is 0 Å². The van der Waals surface area contributed by atoms with Crippen molar-refractivity contribution in [3.8, 4) is 0 Å². The van der Waals surface area contributed by atoms with Gasteiger partial charge in [0.2, 0.25) is 0 Å². The zero-order valence-electron chi connectivity index (χ0n) is 11.2. The summed E-state index contributed by atoms with van der Waals surface area (Å²) in [6.07, 6.45) is 6.82. The molecule has 108 valence electrons. The van der Waals surface area contributed by atoms with E-state index in [0.29, 0.717) is 17.1 Å². The molecular weight excluding hydrogens is 309 g/mol. The second-order valence-corrected chi connectivity index (χ2v) is 5.72. The van der Waals surface area contributed by atoms with E-state index in [9.17, 15) is 4.79 Å². The van der Waals surface area contributed by atoms with E-state index in [1.54, 1.807) is 12.4 Å². The largest absolute Gasteiger partial charge is 0.331 e. The van der Waals surface area contributed by atoms with Crippen molar-refractivity contribution in [1.82, 2.24) is 14.9 Å². The Morgan fingerprint density at radius 2 is 2.19 bits per heavy atom. The van der Waals surface area contributed by atoms with Gasteiger partial charge in [0.15, 0.2) is 0 Å². The van der Waals surface area contributed by atoms with Crippen LogP contribution in [-0.4, -0.2) is 27.3 Å². The summed E-state index contributed by atoms with van der Waals surface area (Å²) in [7, 11) is 0. The van der Waals surface area contributed by atoms with Crippen LogP contribution in [0.4, 0.5) is 0 Å². The van der Waals surface area contributed by atoms with Crippen LogP contribution in [-0.2, 0) is 0 Å². The molecule has 1 aliphatic heterocycles. The van der Waals surface area contributed by atoms with Crippen molar-refractivity contribution in [2.75, 3.05) is 6.54 Å². The second kappa shape index (κ2) is 6.00. The molecule has 0 radical (unpaired) electrons. The Kier molecular flexibility index (Phi) is 4.08. The summed E-state index contributed by atoms with van der Waals surface area (Å²) >= 11 is 12.0. The third-order valence-electron chi connectivity index (χ3n) is 3.64. The predicted octanol–water partition coefficient (Wildman–Crippen LogP) is 3.76. The Labute approximate surface area is 132 Å². The van der Waals surface area contributed by atoms with Crippen LogP contribution in [0, 0.1) is 0 Å². The molecule has 1 unspecified atom stereocenters. The summed E-state index contributed by atoms with van der Waals surface area (Å²) in [4.78, 5) is 22.6. The molecule has 1 fully saturated rings. The van der Waals surface area contributed by atoms with Gasteiger partial charge in [0.1, 0.15) is 5.15 Å². The molecule has 0 spiro atoms. The molecule has 0 bridgehead atoms. The van der Waals surface area contributed by atoms with Gasteiger partial charge >= 0.3 is 0 Å². The number of hydrogen-bond acceptors (Lipinski definition) is 3. The summed E-state index contributed by atoms with van der Waals surface area (Å²) in [5.41, 5.74) is 1.44. The zero-order valence-corrected chi connectivity index (χ0v) is 12.7. The predicted molar refractivity (Wildman–Crippen MR) is 81.5 cm³/mol. The lowest BCUT2D eigenvalue weighted by Gasteiger charge is -2.25. The Bertz CT molecular complexity index is 663. The van der Waals surface area contributed by atoms with Crippen LogP contribution < -0.4 is 0 Å². The SMILES string of the molecule is O=C(c1cc(Cl)ncc1Cl)N1CCCC1c1cccnc1. The fraction of sp³-hybridized carbons (Fsp3) is 0.267. The van der Waals surface area contributed by atoms with Gasteiger partial charge in [-0.25, -0.2) is 4.98 Å². The number of pyridine rings is 2. The quantitative estimate of drug-likeness (QED) is 0.791. The molecule has 1 atom stereocenters. The molecule has 2 aromatic rings. The second-order valence-electron chi connectivity index (χ2n) is 4.93. The Balaban J connectivity index is 1.92. The first kappa shape index (κ1) is 14.3. The summed E-state index contributed by atoms with van der Waals surface area (Å²) in [6, 6.07) is 5.43. The van der Waals surface area contributed by atoms with Gasteiger partial charge < -0.3 is 4.90 Å². The fourth-order valence-electron chi connectivity index (χ4n) is 2.66. The number of carbonyl (C=O) groups is 1. The Morgan fingerprint density at radius 3 is 2.95 bits per heavy atom. The molecule has 0 aromatic carbocycles. The van der Waals surface area contributed by atoms with Gasteiger partial charge in [-0.1, -0.05) is 29.3 Å². The van der Waals surface area contributed by atoms with E-state index in [0.717, 1.165) is 18.4 Å². The monoisotopic (exact) mass is 321 g/mol. The topological polar surface area (TPSA) is 46.1 Å². The van der Waals surface area contributed by atoms with Crippen molar-refractivity contribution in [2.24, 2.45) is 0 Å². The molecule has 21 heavy (non-hydrogen) atoms. The van der Waals surface area contributed by atoms with Gasteiger partial charge in [0.25, 0.3) is 5.91 Å². The first-order valence-electron chi connectivity index (χ1n) is 6.69. The minimum absolute atomic E-state index is 0.0363. The number of hydrogen-bond donors (Lipinski definition) is 0. The third-order valence-corrected chi connectivity index (χ3v) is 4.14. The minimum atomic E-state index is -0.115. The van der Waals surface area contributed by atoms with Crippen molar-refractivity contribution < 1.29 is 4.79 Å². The zero-order chi connectivity index (χ0) is 14.8. The highest BCUT2D eigenvalue weighted by Gasteiger charge is 2.31. The first-order chi connectivity index (χ1) is 10.2. The molecular formula is C15H13Cl2N3O. The molecule has 3 rings (SSSR count). The molecule has 6 heteroatoms. The number of aromatic nitrogens is 2. The van der Waals surface area contributed by atoms with E-state index >= 15 is 0 Å². The average molecular weight is 322 g/mol. The lowest BCUT2D eigenvalue weighted by Crippen LogP contribution is -2.30. The summed E-state index contributed by atoms with van der Waals surface area (Å²) in [6.45, 7) is 0.703. The lowest BCUT2D eigenvalue weighted by molar-refractivity contribution is 0.0735. The van der Waals surface area contributed by atoms with Crippen LogP contribution in [0.1, 0.15) is 34.8 Å². The molecule has 1 amide bonds. The van der Waals surface area contributed by atoms with E-state index in [-0.39, 0.29) is 17.1 Å². The van der Waals surface area contributed by atoms with Crippen molar-refractivity contribution in [2.45, 2.75) is 18.9 Å². The van der Waals surface area contributed by atoms with Crippen LogP contribution >= 0.6 is 23.2 Å². The minimum Gasteiger partial charge on any atom is -0.331 e. The lowest BCUT2D eigenvalue weighted by atomic mass is 10.1. The number of amides is 1. The van der Waals surface area contributed by atoms with Crippen LogP contribution in [0.15, 0.2) is 36.8 Å². The molecule has 4 nitrogen and oxygen atoms in total. The first-order valence-corrected chi connectivity index (χ1v) is 7.44. The number of likely N-dealkylation sites (tertiary alicyclic amines) is 1. The summed E-state index contributed by atoms with van der Waals surface area (Å²) < 4.78 is 0. The summed E-state index contributed by atoms with van der Waals surface area (Å²) in [5.74, 6) is -0.115. The molecule has 0 saturated carbocycles. The smallest absolute Gasteiger partial charge is 0.256 e. The highest BCUT2D eigenvalue weighted by Crippen LogP contribution is 2.33. The highest BCUT2D eigenvalue weighted by molar-refractivity contribution is 6.35. The van der Waals surface area contributed by atoms with Crippen LogP contribution in [0.2, 0.25) is 10.2 Å². The average Bonchev–Trinajstić information content (AvgIpc) is 2.99. The third kappa shape index (κ3) is 2.87. The normalized spacial score (nSPS) is 18.0. The fourth-order valence-corrected chi connectivity index (χ4v) is 3.00. The van der Waals surface area contributed by atoms with Crippen molar-refractivity contribution >= 4 is 29.1 Å². The van der Waals surface area contributed by atoms with Crippen LogP contribution in [0.25, 0.3) is 0 Å². The van der Waals surface area contributed by atoms with E-state index in [2.05, 4.69) is 9.97 Å². The van der Waals surface area contributed by atoms with Crippen molar-refractivity contribution in [3.05, 3.63) is 58.1 Å². The van der Waals surface area contributed by atoms with E-state index in [4.69, 9.17) is 23.2 Å². The molecule has 0 aliphatic carbocycles. The van der Waals surface area contributed by atoms with Crippen molar-refractivity contribution in [1.29, 1.82) is 0 Å². The number of nitrogens with zero attached hydrogens (tertiary/aromatic N) is 3. The maximum atomic E-state index is 12.7. The van der Waals surface area contributed by atoms with Gasteiger partial charge in [-0.3, -0.25) is 9.78 Å². The van der Waals surface area contributed by atoms with E-state index in [1.807, 2.05) is 17.0 Å². The van der Waals surface area contributed by atoms with Gasteiger partial charge in [0, 0.05) is 25.1 Å². The molecule has 2 aromatic heterocycles. The molecule has 0 N–H and O–H groups in total. The molecule has 1 aliphatic rings. The standard InChI is InChI=1S/C15H13Cl2N3O/c16-12-9-19-14(17)7-11(12)15(21)20-6-2-4-13(20)10-3-1-5-18-8-10/h1,3,5,7-9,13H,2,4,6H2. The number of halogens is 2. The molecule has 3 heterocycles. The number of rotatable bonds is 2. The van der Waals surface area contributed by atoms with Gasteiger partial charge in [0.05, 0.1) is 16.6 Å². The Hall–Kier alpha value is -1.65. The number of carbonyl (C=O) groups excluding carboxylic acids is 1. The van der Waals surface area contributed by atoms with E-state index < -0.39 is 0 Å². The summed E-state index contributed by atoms with van der Waals surface area (Å²) in [5, 5.41) is 0.584.